The van der Waals surface area contributed by atoms with E-state index in [4.69, 9.17) is 0 Å². The zero-order valence-electron chi connectivity index (χ0n) is 8.24. The third-order valence-corrected chi connectivity index (χ3v) is 5.19. The number of hydrogen-bond acceptors (Lipinski definition) is 1. The van der Waals surface area contributed by atoms with Crippen molar-refractivity contribution in [1.29, 1.82) is 0 Å². The molecule has 1 fully saturated rings. The minimum atomic E-state index is 0.489. The van der Waals surface area contributed by atoms with Crippen LogP contribution in [0.1, 0.15) is 47.0 Å². The molecule has 0 aromatic carbocycles. The Morgan fingerprint density at radius 3 is 2.18 bits per heavy atom. The van der Waals surface area contributed by atoms with Crippen molar-refractivity contribution in [2.75, 3.05) is 5.75 Å². The average Bonchev–Trinajstić information content (AvgIpc) is 2.33. The second kappa shape index (κ2) is 3.01. The summed E-state index contributed by atoms with van der Waals surface area (Å²) in [5.74, 6) is 1.38. The van der Waals surface area contributed by atoms with Crippen molar-refractivity contribution in [3.8, 4) is 0 Å². The van der Waals surface area contributed by atoms with E-state index in [9.17, 15) is 0 Å². The first kappa shape index (κ1) is 9.44. The first-order valence-corrected chi connectivity index (χ1v) is 5.64. The Hall–Kier alpha value is 0.350. The molecule has 0 aromatic heterocycles. The van der Waals surface area contributed by atoms with Gasteiger partial charge in [0.15, 0.2) is 0 Å². The molecule has 0 bridgehead atoms. The van der Waals surface area contributed by atoms with Crippen LogP contribution in [-0.2, 0) is 0 Å². The quantitative estimate of drug-likeness (QED) is 0.581. The maximum Gasteiger partial charge on any atom is 0.0206 e. The Bertz CT molecular complexity index is 126. The van der Waals surface area contributed by atoms with Crippen molar-refractivity contribution in [2.45, 2.75) is 51.7 Å². The van der Waals surface area contributed by atoms with Gasteiger partial charge in [-0.1, -0.05) is 27.7 Å². The van der Waals surface area contributed by atoms with E-state index in [0.29, 0.717) is 10.2 Å². The average molecular weight is 172 g/mol. The molecule has 0 amide bonds. The number of thioether (sulfide) groups is 1. The molecule has 0 saturated carbocycles. The van der Waals surface area contributed by atoms with Crippen LogP contribution in [0.3, 0.4) is 0 Å². The molecule has 1 unspecified atom stereocenters. The lowest BCUT2D eigenvalue weighted by Crippen LogP contribution is -2.36. The first-order valence-electron chi connectivity index (χ1n) is 4.66. The molecule has 11 heavy (non-hydrogen) atoms. The zero-order chi connectivity index (χ0) is 8.54. The predicted molar refractivity (Wildman–Crippen MR) is 54.2 cm³/mol. The van der Waals surface area contributed by atoms with Gasteiger partial charge in [0.2, 0.25) is 0 Å². The van der Waals surface area contributed by atoms with Gasteiger partial charge in [-0.15, -0.1) is 0 Å². The van der Waals surface area contributed by atoms with Gasteiger partial charge in [-0.25, -0.2) is 0 Å². The van der Waals surface area contributed by atoms with Gasteiger partial charge < -0.3 is 0 Å². The van der Waals surface area contributed by atoms with E-state index in [-0.39, 0.29) is 0 Å². The van der Waals surface area contributed by atoms with E-state index < -0.39 is 0 Å². The number of rotatable bonds is 1. The van der Waals surface area contributed by atoms with Gasteiger partial charge in [-0.2, -0.15) is 11.8 Å². The Balaban J connectivity index is 2.75. The highest BCUT2D eigenvalue weighted by atomic mass is 32.2. The van der Waals surface area contributed by atoms with Crippen LogP contribution in [0.4, 0.5) is 0 Å². The fourth-order valence-corrected chi connectivity index (χ4v) is 3.70. The molecule has 0 radical (unpaired) electrons. The summed E-state index contributed by atoms with van der Waals surface area (Å²) in [6.07, 6.45) is 4.19. The third kappa shape index (κ3) is 1.58. The molecule has 1 aliphatic heterocycles. The summed E-state index contributed by atoms with van der Waals surface area (Å²) in [5.41, 5.74) is 0.489. The summed E-state index contributed by atoms with van der Waals surface area (Å²) in [6, 6.07) is 0. The smallest absolute Gasteiger partial charge is 0.0206 e. The monoisotopic (exact) mass is 172 g/mol. The standard InChI is InChI=1S/C10H20S/c1-5-10(9(2,3)4)7-6-8-11-10/h5-8H2,1-4H3. The van der Waals surface area contributed by atoms with Crippen LogP contribution in [0.25, 0.3) is 0 Å². The summed E-state index contributed by atoms with van der Waals surface area (Å²) in [4.78, 5) is 0. The lowest BCUT2D eigenvalue weighted by atomic mass is 9.76. The van der Waals surface area contributed by atoms with Crippen LogP contribution < -0.4 is 0 Å². The second-order valence-corrected chi connectivity index (χ2v) is 6.03. The fraction of sp³-hybridized carbons (Fsp3) is 1.00. The lowest BCUT2D eigenvalue weighted by molar-refractivity contribution is 0.266. The minimum absolute atomic E-state index is 0.489. The zero-order valence-corrected chi connectivity index (χ0v) is 9.05. The van der Waals surface area contributed by atoms with Gasteiger partial charge in [-0.3, -0.25) is 0 Å². The summed E-state index contributed by atoms with van der Waals surface area (Å²) < 4.78 is 0.590. The molecular formula is C10H20S. The molecule has 0 aliphatic carbocycles. The van der Waals surface area contributed by atoms with Crippen LogP contribution in [0.15, 0.2) is 0 Å². The van der Waals surface area contributed by atoms with Gasteiger partial charge in [0.1, 0.15) is 0 Å². The van der Waals surface area contributed by atoms with Crippen LogP contribution >= 0.6 is 11.8 Å². The minimum Gasteiger partial charge on any atom is -0.155 e. The fourth-order valence-electron chi connectivity index (χ4n) is 2.10. The summed E-state index contributed by atoms with van der Waals surface area (Å²) >= 11 is 2.20. The number of hydrogen-bond donors (Lipinski definition) is 0. The third-order valence-electron chi connectivity index (χ3n) is 3.04. The molecule has 66 valence electrons. The van der Waals surface area contributed by atoms with E-state index in [1.807, 2.05) is 0 Å². The Labute approximate surface area is 75.1 Å². The molecular weight excluding hydrogens is 152 g/mol. The Morgan fingerprint density at radius 2 is 2.00 bits per heavy atom. The second-order valence-electron chi connectivity index (χ2n) is 4.55. The predicted octanol–water partition coefficient (Wildman–Crippen LogP) is 3.71. The summed E-state index contributed by atoms with van der Waals surface area (Å²) in [7, 11) is 0. The van der Waals surface area contributed by atoms with Crippen molar-refractivity contribution >= 4 is 11.8 Å². The molecule has 1 heterocycles. The molecule has 0 spiro atoms. The van der Waals surface area contributed by atoms with Gasteiger partial charge in [-0.05, 0) is 30.4 Å². The normalized spacial score (nSPS) is 32.7. The van der Waals surface area contributed by atoms with Crippen molar-refractivity contribution in [3.63, 3.8) is 0 Å². The highest BCUT2D eigenvalue weighted by Gasteiger charge is 2.42. The van der Waals surface area contributed by atoms with Gasteiger partial charge in [0, 0.05) is 4.75 Å². The lowest BCUT2D eigenvalue weighted by Gasteiger charge is -2.40. The molecule has 1 saturated heterocycles. The Morgan fingerprint density at radius 1 is 1.36 bits per heavy atom. The largest absolute Gasteiger partial charge is 0.155 e. The SMILES string of the molecule is CCC1(C(C)(C)C)CCCS1. The van der Waals surface area contributed by atoms with Gasteiger partial charge >= 0.3 is 0 Å². The van der Waals surface area contributed by atoms with Crippen molar-refractivity contribution < 1.29 is 0 Å². The molecule has 0 N–H and O–H groups in total. The first-order chi connectivity index (χ1) is 5.02. The Kier molecular flexibility index (Phi) is 2.58. The summed E-state index contributed by atoms with van der Waals surface area (Å²) in [6.45, 7) is 9.49. The van der Waals surface area contributed by atoms with E-state index in [0.717, 1.165) is 0 Å². The molecule has 0 aromatic rings. The van der Waals surface area contributed by atoms with Crippen molar-refractivity contribution in [2.24, 2.45) is 5.41 Å². The van der Waals surface area contributed by atoms with E-state index in [1.165, 1.54) is 25.0 Å². The molecule has 1 heteroatoms. The molecule has 1 atom stereocenters. The maximum atomic E-state index is 2.38. The summed E-state index contributed by atoms with van der Waals surface area (Å²) in [5, 5.41) is 0. The van der Waals surface area contributed by atoms with Crippen LogP contribution in [0.5, 0.6) is 0 Å². The van der Waals surface area contributed by atoms with Crippen LogP contribution in [0, 0.1) is 5.41 Å². The van der Waals surface area contributed by atoms with Crippen LogP contribution in [0.2, 0.25) is 0 Å². The highest BCUT2D eigenvalue weighted by Crippen LogP contribution is 2.52. The van der Waals surface area contributed by atoms with Gasteiger partial charge in [0.25, 0.3) is 0 Å². The molecule has 1 aliphatic rings. The van der Waals surface area contributed by atoms with Crippen molar-refractivity contribution in [1.82, 2.24) is 0 Å². The van der Waals surface area contributed by atoms with Crippen LogP contribution in [-0.4, -0.2) is 10.5 Å². The van der Waals surface area contributed by atoms with Gasteiger partial charge in [0.05, 0.1) is 0 Å². The topological polar surface area (TPSA) is 0 Å². The molecule has 1 rings (SSSR count). The molecule has 0 nitrogen and oxygen atoms in total. The van der Waals surface area contributed by atoms with E-state index >= 15 is 0 Å². The maximum absolute atomic E-state index is 2.38. The highest BCUT2D eigenvalue weighted by molar-refractivity contribution is 8.00. The van der Waals surface area contributed by atoms with E-state index in [1.54, 1.807) is 0 Å². The van der Waals surface area contributed by atoms with Crippen molar-refractivity contribution in [3.05, 3.63) is 0 Å². The van der Waals surface area contributed by atoms with E-state index in [2.05, 4.69) is 39.5 Å².